The number of rotatable bonds is 7. The highest BCUT2D eigenvalue weighted by Gasteiger charge is 2.20. The van der Waals surface area contributed by atoms with Gasteiger partial charge in [-0.15, -0.1) is 16.6 Å². The first-order valence-corrected chi connectivity index (χ1v) is 10.2. The molecule has 0 saturated heterocycles. The van der Waals surface area contributed by atoms with Crippen LogP contribution in [0, 0.1) is 12.3 Å². The van der Waals surface area contributed by atoms with Gasteiger partial charge in [0, 0.05) is 28.9 Å². The van der Waals surface area contributed by atoms with Crippen molar-refractivity contribution in [2.45, 2.75) is 5.22 Å². The molecule has 30 heavy (non-hydrogen) atoms. The van der Waals surface area contributed by atoms with E-state index in [9.17, 15) is 9.59 Å². The molecule has 1 aromatic heterocycles. The number of carbonyl (C=O) groups excluding carboxylic acids is 2. The van der Waals surface area contributed by atoms with E-state index in [2.05, 4.69) is 21.4 Å². The minimum absolute atomic E-state index is 0.000470. The Hall–Kier alpha value is -3.28. The maximum atomic E-state index is 12.9. The summed E-state index contributed by atoms with van der Waals surface area (Å²) >= 11 is 6.97. The zero-order valence-electron chi connectivity index (χ0n) is 16.0. The Morgan fingerprint density at radius 3 is 2.70 bits per heavy atom. The van der Waals surface area contributed by atoms with Crippen LogP contribution in [0.1, 0.15) is 5.56 Å². The van der Waals surface area contributed by atoms with Gasteiger partial charge >= 0.3 is 0 Å². The van der Waals surface area contributed by atoms with E-state index in [4.69, 9.17) is 22.4 Å². The van der Waals surface area contributed by atoms with Gasteiger partial charge in [0.2, 0.25) is 17.7 Å². The molecule has 0 atom stereocenters. The van der Waals surface area contributed by atoms with E-state index in [0.717, 1.165) is 17.3 Å². The van der Waals surface area contributed by atoms with Crippen LogP contribution in [0.3, 0.4) is 0 Å². The number of aromatic nitrogens is 2. The number of likely N-dealkylation sites (N-methyl/N-ethyl adjacent to an activating group) is 1. The number of hydrogen-bond donors (Lipinski definition) is 1. The van der Waals surface area contributed by atoms with Gasteiger partial charge in [-0.25, -0.2) is 0 Å². The number of nitrogens with one attached hydrogen (secondary N) is 1. The summed E-state index contributed by atoms with van der Waals surface area (Å²) in [7, 11) is 1.51. The van der Waals surface area contributed by atoms with E-state index in [1.54, 1.807) is 48.5 Å². The van der Waals surface area contributed by atoms with Crippen LogP contribution >= 0.6 is 23.4 Å². The molecule has 0 aliphatic carbocycles. The van der Waals surface area contributed by atoms with Crippen molar-refractivity contribution in [2.75, 3.05) is 24.2 Å². The van der Waals surface area contributed by atoms with Gasteiger partial charge in [-0.3, -0.25) is 9.59 Å². The average molecular weight is 441 g/mol. The summed E-state index contributed by atoms with van der Waals surface area (Å²) in [6.07, 6.45) is 5.44. The molecule has 0 aliphatic rings. The highest BCUT2D eigenvalue weighted by molar-refractivity contribution is 7.99. The Kier molecular flexibility index (Phi) is 7.12. The van der Waals surface area contributed by atoms with Crippen molar-refractivity contribution >= 4 is 40.9 Å². The van der Waals surface area contributed by atoms with Crippen molar-refractivity contribution in [3.63, 3.8) is 0 Å². The number of nitrogens with zero attached hydrogens (tertiary/aromatic N) is 3. The van der Waals surface area contributed by atoms with E-state index < -0.39 is 0 Å². The first kappa shape index (κ1) is 21.4. The lowest BCUT2D eigenvalue weighted by atomic mass is 10.2. The monoisotopic (exact) mass is 440 g/mol. The zero-order chi connectivity index (χ0) is 21.5. The molecule has 0 bridgehead atoms. The second-order valence-electron chi connectivity index (χ2n) is 6.02. The third-order valence-corrected chi connectivity index (χ3v) is 5.08. The van der Waals surface area contributed by atoms with Gasteiger partial charge in [0.05, 0.1) is 5.75 Å². The fourth-order valence-corrected chi connectivity index (χ4v) is 3.25. The zero-order valence-corrected chi connectivity index (χ0v) is 17.5. The number of halogens is 1. The fraction of sp³-hybridized carbons (Fsp3) is 0.143. The lowest BCUT2D eigenvalue weighted by Crippen LogP contribution is -2.40. The summed E-state index contributed by atoms with van der Waals surface area (Å²) in [6.45, 7) is -0.135. The van der Waals surface area contributed by atoms with E-state index in [0.29, 0.717) is 22.2 Å². The van der Waals surface area contributed by atoms with E-state index in [1.807, 2.05) is 0 Å². The summed E-state index contributed by atoms with van der Waals surface area (Å²) in [5.74, 6) is 2.24. The molecule has 0 spiro atoms. The molecule has 0 unspecified atom stereocenters. The molecule has 0 radical (unpaired) electrons. The third-order valence-electron chi connectivity index (χ3n) is 4.02. The number of benzene rings is 2. The van der Waals surface area contributed by atoms with Crippen LogP contribution in [0.5, 0.6) is 0 Å². The summed E-state index contributed by atoms with van der Waals surface area (Å²) < 4.78 is 5.61. The van der Waals surface area contributed by atoms with Crippen LogP contribution in [-0.2, 0) is 9.59 Å². The second-order valence-corrected chi connectivity index (χ2v) is 7.38. The first-order chi connectivity index (χ1) is 14.5. The number of terminal acetylenes is 1. The second kappa shape index (κ2) is 9.96. The Labute approximate surface area is 182 Å². The van der Waals surface area contributed by atoms with Crippen molar-refractivity contribution in [3.05, 3.63) is 59.1 Å². The van der Waals surface area contributed by atoms with Crippen LogP contribution in [0.2, 0.25) is 5.02 Å². The van der Waals surface area contributed by atoms with Crippen molar-refractivity contribution < 1.29 is 14.0 Å². The molecule has 2 aromatic carbocycles. The quantitative estimate of drug-likeness (QED) is 0.448. The van der Waals surface area contributed by atoms with Crippen LogP contribution in [-0.4, -0.2) is 41.4 Å². The van der Waals surface area contributed by atoms with Crippen LogP contribution in [0.25, 0.3) is 11.5 Å². The minimum Gasteiger partial charge on any atom is -0.411 e. The van der Waals surface area contributed by atoms with Crippen molar-refractivity contribution in [3.8, 4) is 23.8 Å². The smallest absolute Gasteiger partial charge is 0.277 e. The Balaban J connectivity index is 1.72. The Bertz CT molecular complexity index is 1090. The van der Waals surface area contributed by atoms with Crippen LogP contribution < -0.4 is 10.2 Å². The number of thioether (sulfide) groups is 1. The molecule has 152 valence electrons. The van der Waals surface area contributed by atoms with Gasteiger partial charge in [-0.1, -0.05) is 35.3 Å². The normalized spacial score (nSPS) is 10.3. The molecule has 9 heteroatoms. The van der Waals surface area contributed by atoms with E-state index >= 15 is 0 Å². The molecular formula is C21H17ClN4O3S. The van der Waals surface area contributed by atoms with Gasteiger partial charge in [0.1, 0.15) is 6.54 Å². The summed E-state index contributed by atoms with van der Waals surface area (Å²) in [6, 6.07) is 13.8. The van der Waals surface area contributed by atoms with Crippen LogP contribution in [0.4, 0.5) is 5.69 Å². The molecule has 1 N–H and O–H groups in total. The van der Waals surface area contributed by atoms with Gasteiger partial charge < -0.3 is 14.6 Å². The SMILES string of the molecule is C#Cc1cccc(N(CC(=O)NC)C(=O)CSc2nnc(-c3ccc(Cl)cc3)o2)c1. The molecule has 3 rings (SSSR count). The molecule has 0 saturated carbocycles. The largest absolute Gasteiger partial charge is 0.411 e. The third kappa shape index (κ3) is 5.41. The van der Waals surface area contributed by atoms with E-state index in [-0.39, 0.29) is 29.3 Å². The van der Waals surface area contributed by atoms with Gasteiger partial charge in [0.25, 0.3) is 5.22 Å². The fourth-order valence-electron chi connectivity index (χ4n) is 2.49. The van der Waals surface area contributed by atoms with Gasteiger partial charge in [-0.05, 0) is 42.5 Å². The molecule has 1 heterocycles. The summed E-state index contributed by atoms with van der Waals surface area (Å²) in [4.78, 5) is 26.1. The highest BCUT2D eigenvalue weighted by atomic mass is 35.5. The molecule has 7 nitrogen and oxygen atoms in total. The van der Waals surface area contributed by atoms with Gasteiger partial charge in [0.15, 0.2) is 0 Å². The topological polar surface area (TPSA) is 88.3 Å². The van der Waals surface area contributed by atoms with Gasteiger partial charge in [-0.2, -0.15) is 0 Å². The molecule has 2 amide bonds. The minimum atomic E-state index is -0.303. The highest BCUT2D eigenvalue weighted by Crippen LogP contribution is 2.25. The Morgan fingerprint density at radius 2 is 2.00 bits per heavy atom. The molecule has 0 aliphatic heterocycles. The van der Waals surface area contributed by atoms with Crippen molar-refractivity contribution in [2.24, 2.45) is 0 Å². The molecule has 3 aromatic rings. The van der Waals surface area contributed by atoms with Crippen LogP contribution in [0.15, 0.2) is 58.2 Å². The average Bonchev–Trinajstić information content (AvgIpc) is 3.25. The van der Waals surface area contributed by atoms with Crippen molar-refractivity contribution in [1.29, 1.82) is 0 Å². The standard InChI is InChI=1S/C21H17ClN4O3S/c1-3-14-5-4-6-17(11-14)26(12-18(27)23-2)19(28)13-30-21-25-24-20(29-21)15-7-9-16(22)10-8-15/h1,4-11H,12-13H2,2H3,(H,23,27). The predicted octanol–water partition coefficient (Wildman–Crippen LogP) is 3.24. The predicted molar refractivity (Wildman–Crippen MR) is 116 cm³/mol. The molecular weight excluding hydrogens is 424 g/mol. The lowest BCUT2D eigenvalue weighted by molar-refractivity contribution is -0.122. The first-order valence-electron chi connectivity index (χ1n) is 8.80. The summed E-state index contributed by atoms with van der Waals surface area (Å²) in [5.41, 5.74) is 1.86. The summed E-state index contributed by atoms with van der Waals surface area (Å²) in [5, 5.41) is 11.3. The maximum absolute atomic E-state index is 12.9. The number of amides is 2. The lowest BCUT2D eigenvalue weighted by Gasteiger charge is -2.22. The maximum Gasteiger partial charge on any atom is 0.277 e. The Morgan fingerprint density at radius 1 is 1.23 bits per heavy atom. The molecule has 0 fully saturated rings. The van der Waals surface area contributed by atoms with Crippen molar-refractivity contribution in [1.82, 2.24) is 15.5 Å². The number of anilines is 1. The number of hydrogen-bond acceptors (Lipinski definition) is 6. The number of carbonyl (C=O) groups is 2. The van der Waals surface area contributed by atoms with E-state index in [1.165, 1.54) is 11.9 Å².